The number of pyridine rings is 1. The van der Waals surface area contributed by atoms with Crippen molar-refractivity contribution in [3.8, 4) is 0 Å². The van der Waals surface area contributed by atoms with E-state index < -0.39 is 17.6 Å². The van der Waals surface area contributed by atoms with Gasteiger partial charge in [0.05, 0.1) is 11.3 Å². The molecule has 0 bridgehead atoms. The summed E-state index contributed by atoms with van der Waals surface area (Å²) < 4.78 is 13.3. The molecular weight excluding hydrogens is 321 g/mol. The minimum atomic E-state index is -0.506. The highest BCUT2D eigenvalue weighted by molar-refractivity contribution is 6.12. The van der Waals surface area contributed by atoms with Gasteiger partial charge in [-0.2, -0.15) is 0 Å². The summed E-state index contributed by atoms with van der Waals surface area (Å²) >= 11 is 0. The zero-order valence-corrected chi connectivity index (χ0v) is 13.1. The molecule has 0 unspecified atom stereocenters. The number of carbonyl (C=O) groups is 2. The Morgan fingerprint density at radius 1 is 0.840 bits per heavy atom. The third-order valence-corrected chi connectivity index (χ3v) is 3.41. The first-order valence-electron chi connectivity index (χ1n) is 7.52. The van der Waals surface area contributed by atoms with E-state index in [2.05, 4.69) is 15.6 Å². The van der Waals surface area contributed by atoms with Gasteiger partial charge in [0.25, 0.3) is 11.8 Å². The fraction of sp³-hybridized carbons (Fsp3) is 0. The van der Waals surface area contributed by atoms with Crippen molar-refractivity contribution in [2.45, 2.75) is 0 Å². The third kappa shape index (κ3) is 4.06. The van der Waals surface area contributed by atoms with E-state index in [0.29, 0.717) is 11.5 Å². The van der Waals surface area contributed by atoms with E-state index in [1.165, 1.54) is 18.2 Å². The number of nitrogens with one attached hydrogen (secondary N) is 2. The van der Waals surface area contributed by atoms with Crippen molar-refractivity contribution in [1.29, 1.82) is 0 Å². The smallest absolute Gasteiger partial charge is 0.258 e. The Bertz CT molecular complexity index is 913. The van der Waals surface area contributed by atoms with Crippen LogP contribution >= 0.6 is 0 Å². The van der Waals surface area contributed by atoms with Crippen molar-refractivity contribution in [3.63, 3.8) is 0 Å². The van der Waals surface area contributed by atoms with Crippen molar-refractivity contribution in [1.82, 2.24) is 4.98 Å². The fourth-order valence-corrected chi connectivity index (χ4v) is 2.23. The van der Waals surface area contributed by atoms with Gasteiger partial charge in [0.15, 0.2) is 0 Å². The summed E-state index contributed by atoms with van der Waals surface area (Å²) in [7, 11) is 0. The molecule has 2 N–H and O–H groups in total. The van der Waals surface area contributed by atoms with E-state index in [1.807, 2.05) is 0 Å². The van der Waals surface area contributed by atoms with Crippen LogP contribution in [0.25, 0.3) is 0 Å². The van der Waals surface area contributed by atoms with E-state index >= 15 is 0 Å². The number of anilines is 2. The van der Waals surface area contributed by atoms with Gasteiger partial charge in [-0.15, -0.1) is 0 Å². The molecule has 0 radical (unpaired) electrons. The molecule has 2 aromatic carbocycles. The van der Waals surface area contributed by atoms with E-state index in [4.69, 9.17) is 0 Å². The fourth-order valence-electron chi connectivity index (χ4n) is 2.23. The molecule has 0 saturated heterocycles. The second-order valence-corrected chi connectivity index (χ2v) is 5.18. The molecule has 1 aromatic heterocycles. The Labute approximate surface area is 143 Å². The van der Waals surface area contributed by atoms with Crippen LogP contribution < -0.4 is 10.6 Å². The maximum Gasteiger partial charge on any atom is 0.258 e. The van der Waals surface area contributed by atoms with E-state index in [-0.39, 0.29) is 11.1 Å². The van der Waals surface area contributed by atoms with Crippen LogP contribution in [0.2, 0.25) is 0 Å². The molecule has 0 fully saturated rings. The lowest BCUT2D eigenvalue weighted by Crippen LogP contribution is -2.18. The molecule has 0 aliphatic carbocycles. The Kier molecular flexibility index (Phi) is 4.80. The number of amides is 2. The van der Waals surface area contributed by atoms with Gasteiger partial charge in [-0.3, -0.25) is 9.59 Å². The van der Waals surface area contributed by atoms with Crippen LogP contribution in [-0.4, -0.2) is 16.8 Å². The zero-order valence-electron chi connectivity index (χ0n) is 13.1. The molecule has 2 amide bonds. The lowest BCUT2D eigenvalue weighted by atomic mass is 10.1. The molecule has 0 atom stereocenters. The van der Waals surface area contributed by atoms with Gasteiger partial charge in [0, 0.05) is 11.8 Å². The summed E-state index contributed by atoms with van der Waals surface area (Å²) in [6, 6.07) is 17.0. The molecule has 0 aliphatic heterocycles. The molecule has 124 valence electrons. The van der Waals surface area contributed by atoms with Crippen LogP contribution in [0.4, 0.5) is 15.9 Å². The number of hydrogen-bond acceptors (Lipinski definition) is 3. The Hall–Kier alpha value is -3.54. The largest absolute Gasteiger partial charge is 0.321 e. The average Bonchev–Trinajstić information content (AvgIpc) is 2.63. The lowest BCUT2D eigenvalue weighted by Gasteiger charge is -2.11. The van der Waals surface area contributed by atoms with E-state index in [9.17, 15) is 14.0 Å². The van der Waals surface area contributed by atoms with Crippen molar-refractivity contribution in [2.75, 3.05) is 10.6 Å². The lowest BCUT2D eigenvalue weighted by molar-refractivity contribution is 0.102. The number of nitrogens with zero attached hydrogens (tertiary/aromatic N) is 1. The second-order valence-electron chi connectivity index (χ2n) is 5.18. The van der Waals surface area contributed by atoms with E-state index in [1.54, 1.807) is 48.7 Å². The number of rotatable bonds is 4. The highest BCUT2D eigenvalue weighted by Gasteiger charge is 2.14. The van der Waals surface area contributed by atoms with E-state index in [0.717, 1.165) is 6.07 Å². The van der Waals surface area contributed by atoms with Gasteiger partial charge in [-0.1, -0.05) is 24.3 Å². The first-order chi connectivity index (χ1) is 12.1. The molecule has 1 heterocycles. The standard InChI is InChI=1S/C19H14FN3O2/c20-14-7-5-6-13(12-14)18(24)22-16-9-2-1-8-15(16)19(25)23-17-10-3-4-11-21-17/h1-12H,(H,22,24)(H,21,23,25). The summed E-state index contributed by atoms with van der Waals surface area (Å²) in [6.45, 7) is 0. The number of halogens is 1. The molecule has 25 heavy (non-hydrogen) atoms. The van der Waals surface area contributed by atoms with Gasteiger partial charge < -0.3 is 10.6 Å². The van der Waals surface area contributed by atoms with Crippen LogP contribution in [0.1, 0.15) is 20.7 Å². The van der Waals surface area contributed by atoms with Crippen molar-refractivity contribution in [3.05, 3.63) is 89.9 Å². The third-order valence-electron chi connectivity index (χ3n) is 3.41. The minimum absolute atomic E-state index is 0.167. The van der Waals surface area contributed by atoms with Crippen LogP contribution in [0.3, 0.4) is 0 Å². The van der Waals surface area contributed by atoms with Gasteiger partial charge in [0.2, 0.25) is 0 Å². The minimum Gasteiger partial charge on any atom is -0.321 e. The Balaban J connectivity index is 1.81. The quantitative estimate of drug-likeness (QED) is 0.763. The monoisotopic (exact) mass is 335 g/mol. The normalized spacial score (nSPS) is 10.1. The van der Waals surface area contributed by atoms with Crippen LogP contribution in [0, 0.1) is 5.82 Å². The van der Waals surface area contributed by atoms with Crippen molar-refractivity contribution in [2.24, 2.45) is 0 Å². The maximum atomic E-state index is 13.3. The summed E-state index contributed by atoms with van der Waals surface area (Å²) in [4.78, 5) is 28.8. The van der Waals surface area contributed by atoms with Gasteiger partial charge in [-0.05, 0) is 42.5 Å². The molecule has 3 rings (SSSR count). The van der Waals surface area contributed by atoms with Crippen LogP contribution in [0.5, 0.6) is 0 Å². The number of para-hydroxylation sites is 1. The topological polar surface area (TPSA) is 71.1 Å². The molecule has 3 aromatic rings. The highest BCUT2D eigenvalue weighted by atomic mass is 19.1. The van der Waals surface area contributed by atoms with Crippen LogP contribution in [-0.2, 0) is 0 Å². The summed E-state index contributed by atoms with van der Waals surface area (Å²) in [5.74, 6) is -1.01. The second kappa shape index (κ2) is 7.35. The molecule has 6 heteroatoms. The van der Waals surface area contributed by atoms with Gasteiger partial charge >= 0.3 is 0 Å². The number of benzene rings is 2. The number of hydrogen-bond donors (Lipinski definition) is 2. The summed E-state index contributed by atoms with van der Waals surface area (Å²) in [6.07, 6.45) is 1.56. The summed E-state index contributed by atoms with van der Waals surface area (Å²) in [5.41, 5.74) is 0.767. The van der Waals surface area contributed by atoms with Gasteiger partial charge in [-0.25, -0.2) is 9.37 Å². The molecular formula is C19H14FN3O2. The van der Waals surface area contributed by atoms with Crippen molar-refractivity contribution < 1.29 is 14.0 Å². The predicted octanol–water partition coefficient (Wildman–Crippen LogP) is 3.73. The number of aromatic nitrogens is 1. The van der Waals surface area contributed by atoms with Gasteiger partial charge in [0.1, 0.15) is 11.6 Å². The maximum absolute atomic E-state index is 13.3. The average molecular weight is 335 g/mol. The molecule has 0 aliphatic rings. The van der Waals surface area contributed by atoms with Crippen LogP contribution in [0.15, 0.2) is 72.9 Å². The first-order valence-corrected chi connectivity index (χ1v) is 7.52. The SMILES string of the molecule is O=C(Nc1ccccc1C(=O)Nc1ccccn1)c1cccc(F)c1. The molecule has 0 spiro atoms. The number of carbonyl (C=O) groups excluding carboxylic acids is 2. The summed E-state index contributed by atoms with van der Waals surface area (Å²) in [5, 5.41) is 5.29. The Morgan fingerprint density at radius 2 is 1.64 bits per heavy atom. The zero-order chi connectivity index (χ0) is 17.6. The highest BCUT2D eigenvalue weighted by Crippen LogP contribution is 2.18. The predicted molar refractivity (Wildman–Crippen MR) is 93.0 cm³/mol. The molecule has 5 nitrogen and oxygen atoms in total. The first kappa shape index (κ1) is 16.3. The van der Waals surface area contributed by atoms with Crippen molar-refractivity contribution >= 4 is 23.3 Å². The Morgan fingerprint density at radius 3 is 2.40 bits per heavy atom. The molecule has 0 saturated carbocycles.